The molecule has 0 spiro atoms. The first-order valence-electron chi connectivity index (χ1n) is 6.01. The first-order chi connectivity index (χ1) is 9.02. The van der Waals surface area contributed by atoms with E-state index in [1.807, 2.05) is 20.0 Å². The zero-order valence-corrected chi connectivity index (χ0v) is 11.9. The monoisotopic (exact) mass is 281 g/mol. The van der Waals surface area contributed by atoms with Crippen molar-refractivity contribution in [2.75, 3.05) is 0 Å². The average molecular weight is 282 g/mol. The molecule has 0 atom stereocenters. The van der Waals surface area contributed by atoms with Gasteiger partial charge in [-0.1, -0.05) is 11.6 Å². The van der Waals surface area contributed by atoms with Gasteiger partial charge < -0.3 is 5.32 Å². The van der Waals surface area contributed by atoms with Gasteiger partial charge in [0.25, 0.3) is 5.91 Å². The predicted molar refractivity (Wildman–Crippen MR) is 72.0 cm³/mol. The van der Waals surface area contributed by atoms with E-state index in [-0.39, 0.29) is 11.6 Å². The van der Waals surface area contributed by atoms with Crippen LogP contribution in [0.1, 0.15) is 28.7 Å². The molecule has 19 heavy (non-hydrogen) atoms. The first kappa shape index (κ1) is 13.6. The Morgan fingerprint density at radius 2 is 2.26 bits per heavy atom. The summed E-state index contributed by atoms with van der Waals surface area (Å²) in [6.45, 7) is 5.03. The maximum atomic E-state index is 12.0. The normalized spacial score (nSPS) is 10.7. The van der Waals surface area contributed by atoms with Crippen LogP contribution in [0.15, 0.2) is 12.4 Å². The van der Waals surface area contributed by atoms with Crippen molar-refractivity contribution < 1.29 is 4.79 Å². The molecule has 0 unspecified atom stereocenters. The molecule has 0 fully saturated rings. The van der Waals surface area contributed by atoms with Crippen molar-refractivity contribution in [2.24, 2.45) is 7.05 Å². The minimum absolute atomic E-state index is 0.254. The Balaban J connectivity index is 2.03. The van der Waals surface area contributed by atoms with Crippen LogP contribution >= 0.6 is 11.6 Å². The minimum Gasteiger partial charge on any atom is -0.346 e. The molecule has 1 N–H and O–H groups in total. The van der Waals surface area contributed by atoms with Crippen molar-refractivity contribution in [2.45, 2.75) is 26.9 Å². The number of carbonyl (C=O) groups is 1. The number of nitrogens with one attached hydrogen (secondary N) is 1. The van der Waals surface area contributed by atoms with Gasteiger partial charge in [-0.2, -0.15) is 10.2 Å². The van der Waals surface area contributed by atoms with Gasteiger partial charge in [0.1, 0.15) is 0 Å². The van der Waals surface area contributed by atoms with Gasteiger partial charge in [-0.3, -0.25) is 14.2 Å². The summed E-state index contributed by atoms with van der Waals surface area (Å²) in [6, 6.07) is 0. The van der Waals surface area contributed by atoms with E-state index in [9.17, 15) is 4.79 Å². The highest BCUT2D eigenvalue weighted by molar-refractivity contribution is 6.34. The summed E-state index contributed by atoms with van der Waals surface area (Å²) < 4.78 is 3.39. The zero-order valence-electron chi connectivity index (χ0n) is 11.1. The standard InChI is InChI=1S/C12H16ClN5O/c1-4-18-7-9(6-15-18)5-14-12(19)11-10(13)8(2)17(3)16-11/h6-7H,4-5H2,1-3H3,(H,14,19). The number of hydrogen-bond acceptors (Lipinski definition) is 3. The van der Waals surface area contributed by atoms with Crippen LogP contribution < -0.4 is 5.32 Å². The lowest BCUT2D eigenvalue weighted by Crippen LogP contribution is -2.23. The number of rotatable bonds is 4. The highest BCUT2D eigenvalue weighted by Gasteiger charge is 2.17. The van der Waals surface area contributed by atoms with Gasteiger partial charge >= 0.3 is 0 Å². The largest absolute Gasteiger partial charge is 0.346 e. The van der Waals surface area contributed by atoms with Crippen LogP contribution in [-0.4, -0.2) is 25.5 Å². The maximum absolute atomic E-state index is 12.0. The first-order valence-corrected chi connectivity index (χ1v) is 6.39. The maximum Gasteiger partial charge on any atom is 0.273 e. The molecule has 0 aliphatic rings. The quantitative estimate of drug-likeness (QED) is 0.924. The summed E-state index contributed by atoms with van der Waals surface area (Å²) in [5.41, 5.74) is 1.97. The van der Waals surface area contributed by atoms with Crippen LogP contribution in [-0.2, 0) is 20.1 Å². The lowest BCUT2D eigenvalue weighted by atomic mass is 10.3. The molecule has 0 bridgehead atoms. The summed E-state index contributed by atoms with van der Waals surface area (Å²) in [4.78, 5) is 12.0. The minimum atomic E-state index is -0.280. The number of amides is 1. The van der Waals surface area contributed by atoms with Crippen molar-refractivity contribution in [3.8, 4) is 0 Å². The summed E-state index contributed by atoms with van der Waals surface area (Å²) >= 11 is 6.06. The fourth-order valence-electron chi connectivity index (χ4n) is 1.66. The molecule has 2 rings (SSSR count). The van der Waals surface area contributed by atoms with E-state index < -0.39 is 0 Å². The molecule has 6 nitrogen and oxygen atoms in total. The molecule has 2 aromatic rings. The molecule has 0 aromatic carbocycles. The number of aryl methyl sites for hydroxylation is 2. The Kier molecular flexibility index (Phi) is 3.90. The summed E-state index contributed by atoms with van der Waals surface area (Å²) in [5, 5.41) is 11.4. The van der Waals surface area contributed by atoms with Crippen molar-refractivity contribution in [1.82, 2.24) is 24.9 Å². The summed E-state index contributed by atoms with van der Waals surface area (Å²) in [6.07, 6.45) is 3.63. The Morgan fingerprint density at radius 1 is 1.53 bits per heavy atom. The highest BCUT2D eigenvalue weighted by atomic mass is 35.5. The molecule has 0 aliphatic heterocycles. The molecule has 2 aromatic heterocycles. The topological polar surface area (TPSA) is 64.7 Å². The van der Waals surface area contributed by atoms with Crippen molar-refractivity contribution in [3.63, 3.8) is 0 Å². The molecular weight excluding hydrogens is 266 g/mol. The third-order valence-electron chi connectivity index (χ3n) is 2.94. The molecule has 0 saturated carbocycles. The molecule has 7 heteroatoms. The van der Waals surface area contributed by atoms with Gasteiger partial charge in [0, 0.05) is 31.9 Å². The lowest BCUT2D eigenvalue weighted by Gasteiger charge is -2.01. The number of carbonyl (C=O) groups excluding carboxylic acids is 1. The lowest BCUT2D eigenvalue weighted by molar-refractivity contribution is 0.0945. The molecule has 2 heterocycles. The fraction of sp³-hybridized carbons (Fsp3) is 0.417. The van der Waals surface area contributed by atoms with Gasteiger partial charge in [0.2, 0.25) is 0 Å². The SMILES string of the molecule is CCn1cc(CNC(=O)c2nn(C)c(C)c2Cl)cn1. The van der Waals surface area contributed by atoms with E-state index in [1.54, 1.807) is 22.6 Å². The average Bonchev–Trinajstić information content (AvgIpc) is 2.96. The highest BCUT2D eigenvalue weighted by Crippen LogP contribution is 2.18. The van der Waals surface area contributed by atoms with Crippen LogP contribution in [0.3, 0.4) is 0 Å². The molecule has 1 amide bonds. The summed E-state index contributed by atoms with van der Waals surface area (Å²) in [7, 11) is 1.75. The number of nitrogens with zero attached hydrogens (tertiary/aromatic N) is 4. The number of halogens is 1. The smallest absolute Gasteiger partial charge is 0.273 e. The Hall–Kier alpha value is -1.82. The van der Waals surface area contributed by atoms with E-state index >= 15 is 0 Å². The number of aromatic nitrogens is 4. The van der Waals surface area contributed by atoms with Crippen LogP contribution in [0, 0.1) is 6.92 Å². The number of hydrogen-bond donors (Lipinski definition) is 1. The van der Waals surface area contributed by atoms with E-state index in [1.165, 1.54) is 0 Å². The third kappa shape index (κ3) is 2.78. The van der Waals surface area contributed by atoms with Crippen LogP contribution in [0.25, 0.3) is 0 Å². The Labute approximate surface area is 116 Å². The van der Waals surface area contributed by atoms with E-state index in [2.05, 4.69) is 15.5 Å². The molecule has 0 aliphatic carbocycles. The van der Waals surface area contributed by atoms with Gasteiger partial charge in [0.15, 0.2) is 5.69 Å². The molecule has 0 saturated heterocycles. The van der Waals surface area contributed by atoms with Crippen molar-refractivity contribution in [1.29, 1.82) is 0 Å². The van der Waals surface area contributed by atoms with E-state index in [0.717, 1.165) is 17.8 Å². The van der Waals surface area contributed by atoms with Crippen molar-refractivity contribution >= 4 is 17.5 Å². The molecular formula is C12H16ClN5O. The Morgan fingerprint density at radius 3 is 2.79 bits per heavy atom. The van der Waals surface area contributed by atoms with Crippen LogP contribution in [0.5, 0.6) is 0 Å². The molecule has 0 radical (unpaired) electrons. The van der Waals surface area contributed by atoms with E-state index in [0.29, 0.717) is 11.6 Å². The zero-order chi connectivity index (χ0) is 14.0. The van der Waals surface area contributed by atoms with E-state index in [4.69, 9.17) is 11.6 Å². The van der Waals surface area contributed by atoms with Gasteiger partial charge in [-0.25, -0.2) is 0 Å². The van der Waals surface area contributed by atoms with Crippen molar-refractivity contribution in [3.05, 3.63) is 34.4 Å². The predicted octanol–water partition coefficient (Wildman–Crippen LogP) is 1.53. The van der Waals surface area contributed by atoms with Crippen LogP contribution in [0.4, 0.5) is 0 Å². The van der Waals surface area contributed by atoms with Gasteiger partial charge in [-0.15, -0.1) is 0 Å². The third-order valence-corrected chi connectivity index (χ3v) is 3.39. The van der Waals surface area contributed by atoms with Gasteiger partial charge in [0.05, 0.1) is 16.9 Å². The van der Waals surface area contributed by atoms with Gasteiger partial charge in [-0.05, 0) is 13.8 Å². The second-order valence-electron chi connectivity index (χ2n) is 4.26. The molecule has 102 valence electrons. The summed E-state index contributed by atoms with van der Waals surface area (Å²) in [5.74, 6) is -0.280. The Bertz CT molecular complexity index is 601. The van der Waals surface area contributed by atoms with Crippen LogP contribution in [0.2, 0.25) is 5.02 Å². The second-order valence-corrected chi connectivity index (χ2v) is 4.64. The second kappa shape index (κ2) is 5.44. The fourth-order valence-corrected chi connectivity index (χ4v) is 1.91.